The molecule has 0 spiro atoms. The highest BCUT2D eigenvalue weighted by molar-refractivity contribution is 4.88. The lowest BCUT2D eigenvalue weighted by Crippen LogP contribution is -2.59. The van der Waals surface area contributed by atoms with Crippen LogP contribution in [-0.2, 0) is 0 Å². The summed E-state index contributed by atoms with van der Waals surface area (Å²) in [7, 11) is 2.09. The van der Waals surface area contributed by atoms with Crippen LogP contribution in [0.1, 0.15) is 20.8 Å². The Morgan fingerprint density at radius 1 is 1.54 bits per heavy atom. The van der Waals surface area contributed by atoms with Crippen LogP contribution >= 0.6 is 0 Å². The molecule has 0 aromatic heterocycles. The van der Waals surface area contributed by atoms with Crippen molar-refractivity contribution in [1.82, 2.24) is 10.2 Å². The van der Waals surface area contributed by atoms with E-state index in [1.165, 1.54) is 0 Å². The van der Waals surface area contributed by atoms with Crippen molar-refractivity contribution in [3.63, 3.8) is 0 Å². The van der Waals surface area contributed by atoms with E-state index in [4.69, 9.17) is 0 Å². The summed E-state index contributed by atoms with van der Waals surface area (Å²) in [6, 6.07) is 0.616. The maximum absolute atomic E-state index is 10.1. The molecule has 0 amide bonds. The molecule has 3 nitrogen and oxygen atoms in total. The molecule has 1 aliphatic rings. The van der Waals surface area contributed by atoms with Gasteiger partial charge >= 0.3 is 0 Å². The normalized spacial score (nSPS) is 23.3. The van der Waals surface area contributed by atoms with Gasteiger partial charge in [-0.25, -0.2) is 0 Å². The van der Waals surface area contributed by atoms with Crippen molar-refractivity contribution < 1.29 is 5.11 Å². The summed E-state index contributed by atoms with van der Waals surface area (Å²) in [5, 5.41) is 13.3. The number of hydrogen-bond acceptors (Lipinski definition) is 3. The van der Waals surface area contributed by atoms with Gasteiger partial charge in [0.05, 0.1) is 5.60 Å². The third kappa shape index (κ3) is 2.66. The van der Waals surface area contributed by atoms with Crippen LogP contribution in [0.2, 0.25) is 0 Å². The van der Waals surface area contributed by atoms with E-state index < -0.39 is 5.60 Å². The van der Waals surface area contributed by atoms with Crippen molar-refractivity contribution in [3.8, 4) is 0 Å². The lowest BCUT2D eigenvalue weighted by atomic mass is 9.91. The lowest BCUT2D eigenvalue weighted by Gasteiger charge is -2.40. The Morgan fingerprint density at radius 2 is 2.08 bits per heavy atom. The summed E-state index contributed by atoms with van der Waals surface area (Å²) in [5.41, 5.74) is -0.565. The average molecular weight is 186 g/mol. The molecule has 0 bridgehead atoms. The second-order valence-corrected chi connectivity index (χ2v) is 4.74. The molecule has 1 rings (SSSR count). The highest BCUT2D eigenvalue weighted by Crippen LogP contribution is 2.18. The van der Waals surface area contributed by atoms with Gasteiger partial charge in [-0.3, -0.25) is 4.90 Å². The minimum Gasteiger partial charge on any atom is -0.389 e. The topological polar surface area (TPSA) is 35.5 Å². The Hall–Kier alpha value is -0.120. The fourth-order valence-electron chi connectivity index (χ4n) is 1.40. The molecule has 78 valence electrons. The van der Waals surface area contributed by atoms with Gasteiger partial charge in [0.2, 0.25) is 0 Å². The summed E-state index contributed by atoms with van der Waals surface area (Å²) >= 11 is 0. The first-order valence-electron chi connectivity index (χ1n) is 5.07. The molecule has 13 heavy (non-hydrogen) atoms. The van der Waals surface area contributed by atoms with Crippen molar-refractivity contribution in [2.24, 2.45) is 5.92 Å². The molecule has 0 aromatic rings. The smallest absolute Gasteiger partial charge is 0.0768 e. The molecular weight excluding hydrogens is 164 g/mol. The summed E-state index contributed by atoms with van der Waals surface area (Å²) in [6.45, 7) is 8.92. The number of likely N-dealkylation sites (N-methyl/N-ethyl adjacent to an activating group) is 1. The van der Waals surface area contributed by atoms with Gasteiger partial charge in [0.1, 0.15) is 0 Å². The zero-order valence-corrected chi connectivity index (χ0v) is 9.17. The quantitative estimate of drug-likeness (QED) is 0.663. The zero-order chi connectivity index (χ0) is 10.1. The summed E-state index contributed by atoms with van der Waals surface area (Å²) in [4.78, 5) is 2.25. The van der Waals surface area contributed by atoms with Gasteiger partial charge < -0.3 is 10.4 Å². The Bertz CT molecular complexity index is 164. The molecule has 1 unspecified atom stereocenters. The largest absolute Gasteiger partial charge is 0.389 e. The first-order chi connectivity index (χ1) is 5.93. The van der Waals surface area contributed by atoms with E-state index in [1.54, 1.807) is 0 Å². The molecular formula is C10H22N2O. The summed E-state index contributed by atoms with van der Waals surface area (Å²) in [5.74, 6) is 0.308. The molecule has 0 radical (unpaired) electrons. The van der Waals surface area contributed by atoms with Crippen LogP contribution in [0.3, 0.4) is 0 Å². The Balaban J connectivity index is 2.37. The highest BCUT2D eigenvalue weighted by atomic mass is 16.3. The van der Waals surface area contributed by atoms with Gasteiger partial charge in [-0.05, 0) is 19.9 Å². The van der Waals surface area contributed by atoms with Crippen molar-refractivity contribution >= 4 is 0 Å². The van der Waals surface area contributed by atoms with E-state index in [2.05, 4.69) is 31.1 Å². The van der Waals surface area contributed by atoms with Crippen LogP contribution in [0.4, 0.5) is 0 Å². The van der Waals surface area contributed by atoms with Crippen molar-refractivity contribution in [3.05, 3.63) is 0 Å². The average Bonchev–Trinajstić information content (AvgIpc) is 1.80. The molecule has 0 aromatic carbocycles. The van der Waals surface area contributed by atoms with Crippen LogP contribution in [0.25, 0.3) is 0 Å². The van der Waals surface area contributed by atoms with Gasteiger partial charge in [0, 0.05) is 25.7 Å². The maximum Gasteiger partial charge on any atom is 0.0768 e. The first kappa shape index (κ1) is 11.0. The van der Waals surface area contributed by atoms with Gasteiger partial charge in [0.25, 0.3) is 0 Å². The Morgan fingerprint density at radius 3 is 2.38 bits per heavy atom. The van der Waals surface area contributed by atoms with Gasteiger partial charge in [-0.2, -0.15) is 0 Å². The summed E-state index contributed by atoms with van der Waals surface area (Å²) in [6.07, 6.45) is 0. The van der Waals surface area contributed by atoms with Crippen LogP contribution in [0.15, 0.2) is 0 Å². The van der Waals surface area contributed by atoms with Crippen LogP contribution < -0.4 is 5.32 Å². The number of rotatable bonds is 4. The van der Waals surface area contributed by atoms with Crippen molar-refractivity contribution in [2.75, 3.05) is 26.7 Å². The number of nitrogens with one attached hydrogen (secondary N) is 1. The molecule has 1 fully saturated rings. The second kappa shape index (κ2) is 3.95. The van der Waals surface area contributed by atoms with Gasteiger partial charge in [-0.15, -0.1) is 0 Å². The minimum atomic E-state index is -0.565. The van der Waals surface area contributed by atoms with Crippen LogP contribution in [0.5, 0.6) is 0 Å². The van der Waals surface area contributed by atoms with E-state index in [1.807, 2.05) is 6.92 Å². The third-order valence-corrected chi connectivity index (χ3v) is 3.20. The zero-order valence-electron chi connectivity index (χ0n) is 9.17. The van der Waals surface area contributed by atoms with Crippen molar-refractivity contribution in [1.29, 1.82) is 0 Å². The van der Waals surface area contributed by atoms with Crippen LogP contribution in [0, 0.1) is 5.92 Å². The number of nitrogens with zero attached hydrogens (tertiary/aromatic N) is 1. The fraction of sp³-hybridized carbons (Fsp3) is 1.00. The van der Waals surface area contributed by atoms with Gasteiger partial charge in [-0.1, -0.05) is 13.8 Å². The van der Waals surface area contributed by atoms with Crippen molar-refractivity contribution in [2.45, 2.75) is 32.4 Å². The predicted octanol–water partition coefficient (Wildman–Crippen LogP) is 0.297. The predicted molar refractivity (Wildman–Crippen MR) is 54.7 cm³/mol. The molecule has 0 aliphatic carbocycles. The van der Waals surface area contributed by atoms with Crippen LogP contribution in [-0.4, -0.2) is 48.3 Å². The first-order valence-corrected chi connectivity index (χ1v) is 5.07. The standard InChI is InChI=1S/C10H22N2O/c1-8(2)10(3,13)7-12(4)9-5-11-6-9/h8-9,11,13H,5-7H2,1-4H3. The molecule has 0 saturated carbocycles. The number of aliphatic hydroxyl groups is 1. The van der Waals surface area contributed by atoms with E-state index in [0.717, 1.165) is 19.6 Å². The molecule has 1 heterocycles. The fourth-order valence-corrected chi connectivity index (χ4v) is 1.40. The highest BCUT2D eigenvalue weighted by Gasteiger charge is 2.30. The van der Waals surface area contributed by atoms with Gasteiger partial charge in [0.15, 0.2) is 0 Å². The molecule has 2 N–H and O–H groups in total. The molecule has 3 heteroatoms. The maximum atomic E-state index is 10.1. The Kier molecular flexibility index (Phi) is 3.33. The summed E-state index contributed by atoms with van der Waals surface area (Å²) < 4.78 is 0. The SMILES string of the molecule is CC(C)C(C)(O)CN(C)C1CNC1. The number of hydrogen-bond donors (Lipinski definition) is 2. The molecule has 1 saturated heterocycles. The van der Waals surface area contributed by atoms with E-state index in [9.17, 15) is 5.11 Å². The third-order valence-electron chi connectivity index (χ3n) is 3.20. The lowest BCUT2D eigenvalue weighted by molar-refractivity contribution is -0.0269. The monoisotopic (exact) mass is 186 g/mol. The van der Waals surface area contributed by atoms with E-state index in [0.29, 0.717) is 12.0 Å². The van der Waals surface area contributed by atoms with E-state index >= 15 is 0 Å². The minimum absolute atomic E-state index is 0.308. The second-order valence-electron chi connectivity index (χ2n) is 4.74. The molecule has 1 atom stereocenters. The Labute approximate surface area is 81.1 Å². The van der Waals surface area contributed by atoms with E-state index in [-0.39, 0.29) is 0 Å². The molecule has 1 aliphatic heterocycles.